The second kappa shape index (κ2) is 6.82. The predicted molar refractivity (Wildman–Crippen MR) is 81.4 cm³/mol. The standard InChI is InChI=1S/C16H19NO4S.Li/c1-16(2)12(17-13(19)11(8-18)14(17)22-16)15(20)21-9-10-6-4-3-5-7-10;/h3-7,12,14,18-19H,8-9H2,1-2H3;/q;+1/p-1/t12-,14?;/m0./s1. The van der Waals surface area contributed by atoms with E-state index in [1.165, 1.54) is 16.7 Å². The SMILES string of the molecule is CC1(C)SC2C(CO)=C([O-])N2[C@H]1C(=O)OCc1ccccc1.[Li+]. The monoisotopic (exact) mass is 327 g/mol. The van der Waals surface area contributed by atoms with Crippen molar-refractivity contribution in [1.82, 2.24) is 4.90 Å². The van der Waals surface area contributed by atoms with E-state index in [1.54, 1.807) is 0 Å². The van der Waals surface area contributed by atoms with Crippen LogP contribution in [0.5, 0.6) is 0 Å². The molecule has 1 N–H and O–H groups in total. The number of hydrogen-bond acceptors (Lipinski definition) is 6. The minimum Gasteiger partial charge on any atom is -0.860 e. The Morgan fingerprint density at radius 1 is 1.39 bits per heavy atom. The Balaban J connectivity index is 0.00000192. The van der Waals surface area contributed by atoms with Gasteiger partial charge in [-0.05, 0) is 30.9 Å². The minimum absolute atomic E-state index is 0. The first kappa shape index (κ1) is 18.3. The first-order chi connectivity index (χ1) is 10.5. The Bertz CT molecular complexity index is 620. The van der Waals surface area contributed by atoms with Crippen LogP contribution in [0, 0.1) is 0 Å². The summed E-state index contributed by atoms with van der Waals surface area (Å²) >= 11 is 1.52. The summed E-state index contributed by atoms with van der Waals surface area (Å²) in [6.45, 7) is 3.79. The molecule has 0 aliphatic carbocycles. The molecule has 1 fully saturated rings. The van der Waals surface area contributed by atoms with Crippen molar-refractivity contribution in [3.8, 4) is 0 Å². The summed E-state index contributed by atoms with van der Waals surface area (Å²) in [4.78, 5) is 14.0. The van der Waals surface area contributed by atoms with Crippen LogP contribution in [0.3, 0.4) is 0 Å². The van der Waals surface area contributed by atoms with Gasteiger partial charge in [0, 0.05) is 4.75 Å². The number of carbonyl (C=O) groups is 1. The van der Waals surface area contributed by atoms with Crippen LogP contribution in [0.1, 0.15) is 19.4 Å². The van der Waals surface area contributed by atoms with Crippen LogP contribution < -0.4 is 24.0 Å². The van der Waals surface area contributed by atoms with Gasteiger partial charge >= 0.3 is 24.8 Å². The van der Waals surface area contributed by atoms with Crippen molar-refractivity contribution in [1.29, 1.82) is 0 Å². The number of ether oxygens (including phenoxy) is 1. The van der Waals surface area contributed by atoms with E-state index >= 15 is 0 Å². The van der Waals surface area contributed by atoms with E-state index in [2.05, 4.69) is 0 Å². The molecule has 5 nitrogen and oxygen atoms in total. The van der Waals surface area contributed by atoms with Crippen molar-refractivity contribution in [2.45, 2.75) is 36.6 Å². The van der Waals surface area contributed by atoms with Gasteiger partial charge in [0.15, 0.2) is 0 Å². The Kier molecular flexibility index (Phi) is 5.42. The van der Waals surface area contributed by atoms with Crippen molar-refractivity contribution < 1.29 is 38.6 Å². The zero-order valence-electron chi connectivity index (χ0n) is 13.5. The summed E-state index contributed by atoms with van der Waals surface area (Å²) in [5.74, 6) is -0.638. The molecule has 2 atom stereocenters. The van der Waals surface area contributed by atoms with E-state index in [4.69, 9.17) is 4.74 Å². The summed E-state index contributed by atoms with van der Waals surface area (Å²) in [5.41, 5.74) is 1.38. The molecule has 0 radical (unpaired) electrons. The van der Waals surface area contributed by atoms with Gasteiger partial charge in [-0.2, -0.15) is 0 Å². The molecule has 2 aliphatic heterocycles. The van der Waals surface area contributed by atoms with Crippen LogP contribution in [0.25, 0.3) is 0 Å². The van der Waals surface area contributed by atoms with Crippen LogP contribution in [0.4, 0.5) is 0 Å². The van der Waals surface area contributed by atoms with E-state index in [-0.39, 0.29) is 43.3 Å². The molecule has 0 saturated carbocycles. The average Bonchev–Trinajstić information content (AvgIpc) is 2.74. The number of aliphatic hydroxyl groups excluding tert-OH is 1. The van der Waals surface area contributed by atoms with E-state index in [9.17, 15) is 15.0 Å². The van der Waals surface area contributed by atoms with Gasteiger partial charge in [0.25, 0.3) is 0 Å². The fourth-order valence-corrected chi connectivity index (χ4v) is 4.46. The fraction of sp³-hybridized carbons (Fsp3) is 0.438. The molecule has 2 aliphatic rings. The second-order valence-electron chi connectivity index (χ2n) is 5.97. The van der Waals surface area contributed by atoms with Crippen LogP contribution in [-0.2, 0) is 16.1 Å². The molecule has 23 heavy (non-hydrogen) atoms. The van der Waals surface area contributed by atoms with Gasteiger partial charge in [-0.1, -0.05) is 30.3 Å². The van der Waals surface area contributed by atoms with Crippen molar-refractivity contribution in [3.05, 3.63) is 47.4 Å². The van der Waals surface area contributed by atoms with Gasteiger partial charge in [0.2, 0.25) is 0 Å². The number of nitrogens with zero attached hydrogens (tertiary/aromatic N) is 1. The molecule has 0 bridgehead atoms. The zero-order chi connectivity index (χ0) is 15.9. The molecular weight excluding hydrogens is 309 g/mol. The number of hydrogen-bond donors (Lipinski definition) is 1. The number of carbonyl (C=O) groups excluding carboxylic acids is 1. The summed E-state index contributed by atoms with van der Waals surface area (Å²) in [7, 11) is 0. The predicted octanol–water partition coefficient (Wildman–Crippen LogP) is -2.17. The molecule has 0 spiro atoms. The van der Waals surface area contributed by atoms with Crippen LogP contribution >= 0.6 is 11.8 Å². The maximum atomic E-state index is 12.5. The second-order valence-corrected chi connectivity index (χ2v) is 7.70. The Labute approximate surface area is 151 Å². The van der Waals surface area contributed by atoms with E-state index < -0.39 is 16.8 Å². The molecule has 0 aromatic heterocycles. The summed E-state index contributed by atoms with van der Waals surface area (Å²) in [6.07, 6.45) is 0. The summed E-state index contributed by atoms with van der Waals surface area (Å²) in [5, 5.41) is 21.1. The van der Waals surface area contributed by atoms with Gasteiger partial charge in [-0.3, -0.25) is 0 Å². The van der Waals surface area contributed by atoms with Gasteiger partial charge in [-0.15, -0.1) is 11.8 Å². The molecule has 1 aromatic rings. The van der Waals surface area contributed by atoms with Gasteiger partial charge in [-0.25, -0.2) is 4.79 Å². The molecule has 2 heterocycles. The van der Waals surface area contributed by atoms with E-state index in [0.717, 1.165) is 5.56 Å². The molecule has 7 heteroatoms. The Hall–Kier alpha value is -1.06. The zero-order valence-corrected chi connectivity index (χ0v) is 14.3. The van der Waals surface area contributed by atoms with Gasteiger partial charge in [0.1, 0.15) is 18.0 Å². The van der Waals surface area contributed by atoms with Gasteiger partial charge < -0.3 is 19.8 Å². The number of thioether (sulfide) groups is 1. The number of esters is 1. The molecule has 1 saturated heterocycles. The van der Waals surface area contributed by atoms with Crippen molar-refractivity contribution in [2.75, 3.05) is 6.61 Å². The van der Waals surface area contributed by atoms with Crippen molar-refractivity contribution in [2.24, 2.45) is 0 Å². The fourth-order valence-electron chi connectivity index (χ4n) is 2.90. The quantitative estimate of drug-likeness (QED) is 0.501. The van der Waals surface area contributed by atoms with Gasteiger partial charge in [0.05, 0.1) is 6.61 Å². The third-order valence-corrected chi connectivity index (χ3v) is 5.60. The average molecular weight is 327 g/mol. The molecule has 118 valence electrons. The van der Waals surface area contributed by atoms with Crippen LogP contribution in [-0.4, -0.2) is 38.7 Å². The van der Waals surface area contributed by atoms with E-state index in [0.29, 0.717) is 5.57 Å². The maximum absolute atomic E-state index is 12.5. The third-order valence-electron chi connectivity index (χ3n) is 4.03. The molecule has 3 rings (SSSR count). The first-order valence-electron chi connectivity index (χ1n) is 7.13. The molecule has 1 aromatic carbocycles. The Morgan fingerprint density at radius 3 is 2.65 bits per heavy atom. The van der Waals surface area contributed by atoms with Crippen LogP contribution in [0.15, 0.2) is 41.8 Å². The number of aliphatic hydroxyl groups is 1. The summed E-state index contributed by atoms with van der Waals surface area (Å²) < 4.78 is 4.96. The molecular formula is C16H18LiNO4S. The Morgan fingerprint density at radius 2 is 2.04 bits per heavy atom. The van der Waals surface area contributed by atoms with E-state index in [1.807, 2.05) is 44.2 Å². The topological polar surface area (TPSA) is 72.8 Å². The maximum Gasteiger partial charge on any atom is 1.00 e. The molecule has 1 unspecified atom stereocenters. The van der Waals surface area contributed by atoms with Crippen molar-refractivity contribution >= 4 is 17.7 Å². The number of fused-ring (bicyclic) bond motifs is 1. The van der Waals surface area contributed by atoms with Crippen molar-refractivity contribution in [3.63, 3.8) is 0 Å². The number of benzene rings is 1. The third kappa shape index (κ3) is 3.14. The minimum atomic E-state index is -0.617. The van der Waals surface area contributed by atoms with Crippen LogP contribution in [0.2, 0.25) is 0 Å². The molecule has 0 amide bonds. The first-order valence-corrected chi connectivity index (χ1v) is 8.01. The largest absolute Gasteiger partial charge is 1.00 e. The smallest absolute Gasteiger partial charge is 0.860 e. The number of rotatable bonds is 4. The summed E-state index contributed by atoms with van der Waals surface area (Å²) in [6, 6.07) is 8.83. The normalized spacial score (nSPS) is 24.6.